The third-order valence-corrected chi connectivity index (χ3v) is 1.90. The van der Waals surface area contributed by atoms with Crippen molar-refractivity contribution in [3.05, 3.63) is 46.5 Å². The second kappa shape index (κ2) is 6.75. The Kier molecular flexibility index (Phi) is 2.82. The molecule has 2 heterocycles. The molecule has 0 aliphatic rings. The first-order valence-corrected chi connectivity index (χ1v) is 5.24. The molecule has 94 valence electrons. The molecule has 2 aromatic rings. The van der Waals surface area contributed by atoms with E-state index in [0.717, 1.165) is 12.4 Å². The lowest BCUT2D eigenvalue weighted by Gasteiger charge is -1.91. The van der Waals surface area contributed by atoms with E-state index in [1.807, 2.05) is 0 Å². The fourth-order valence-corrected chi connectivity index (χ4v) is 0.956. The van der Waals surface area contributed by atoms with Crippen molar-refractivity contribution in [3.63, 3.8) is 0 Å². The minimum atomic E-state index is -2.34. The summed E-state index contributed by atoms with van der Waals surface area (Å²) in [5, 5.41) is 8.44. The van der Waals surface area contributed by atoms with Crippen molar-refractivity contribution < 1.29 is 18.1 Å². The maximum atomic E-state index is 10.3. The second-order valence-electron chi connectivity index (χ2n) is 2.82. The molecule has 0 spiro atoms. The molecule has 7 heteroatoms. The fraction of sp³-hybridized carbons (Fsp3) is 0.182. The van der Waals surface area contributed by atoms with Crippen LogP contribution in [0.5, 0.6) is 0 Å². The number of carbonyl (C=O) groups is 1. The highest BCUT2D eigenvalue weighted by Gasteiger charge is 2.01. The van der Waals surface area contributed by atoms with Gasteiger partial charge in [0.25, 0.3) is 0 Å². The topological polar surface area (TPSA) is 88.9 Å². The molecule has 0 radical (unpaired) electrons. The minimum Gasteiger partial charge on any atom is -0.476 e. The zero-order valence-corrected chi connectivity index (χ0v) is 10.4. The zero-order chi connectivity index (χ0) is 18.5. The third kappa shape index (κ3) is 4.96. The summed E-state index contributed by atoms with van der Waals surface area (Å²) >= 11 is 3.05. The molecular weight excluding hydrogens is 300 g/mol. The quantitative estimate of drug-likeness (QED) is 0.866. The fourth-order valence-electron chi connectivity index (χ4n) is 0.751. The lowest BCUT2D eigenvalue weighted by molar-refractivity contribution is 0.0690. The van der Waals surface area contributed by atoms with Gasteiger partial charge in [-0.25, -0.2) is 14.8 Å². The first-order valence-electron chi connectivity index (χ1n) is 7.45. The first-order chi connectivity index (χ1) is 10.9. The molecular formula is C11H11BrN4O2. The van der Waals surface area contributed by atoms with Crippen LogP contribution in [0.25, 0.3) is 0 Å². The maximum absolute atomic E-state index is 10.3. The Balaban J connectivity index is 0.000000243. The van der Waals surface area contributed by atoms with Crippen LogP contribution < -0.4 is 0 Å². The lowest BCUT2D eigenvalue weighted by atomic mass is 10.4. The molecule has 0 aromatic carbocycles. The van der Waals surface area contributed by atoms with Crippen molar-refractivity contribution in [2.45, 2.75) is 13.7 Å². The van der Waals surface area contributed by atoms with Crippen LogP contribution in [0.2, 0.25) is 0 Å². The van der Waals surface area contributed by atoms with Gasteiger partial charge in [0, 0.05) is 20.6 Å². The predicted molar refractivity (Wildman–Crippen MR) is 68.2 cm³/mol. The number of aryl methyl sites for hydroxylation is 2. The largest absolute Gasteiger partial charge is 0.476 e. The highest BCUT2D eigenvalue weighted by molar-refractivity contribution is 9.10. The summed E-state index contributed by atoms with van der Waals surface area (Å²) in [7, 11) is 0. The Bertz CT molecular complexity index is 688. The molecule has 0 saturated carbocycles. The van der Waals surface area contributed by atoms with Gasteiger partial charge in [-0.15, -0.1) is 0 Å². The number of hydrogen-bond acceptors (Lipinski definition) is 5. The van der Waals surface area contributed by atoms with E-state index in [4.69, 9.17) is 13.3 Å². The van der Waals surface area contributed by atoms with Crippen LogP contribution in [0, 0.1) is 13.7 Å². The number of hydrogen-bond donors (Lipinski definition) is 1. The molecule has 2 rings (SSSR count). The van der Waals surface area contributed by atoms with Crippen LogP contribution in [0.3, 0.4) is 0 Å². The van der Waals surface area contributed by atoms with E-state index in [-0.39, 0.29) is 17.1 Å². The Morgan fingerprint density at radius 3 is 2.11 bits per heavy atom. The summed E-state index contributed by atoms with van der Waals surface area (Å²) in [6, 6.07) is 0. The Morgan fingerprint density at radius 2 is 1.72 bits per heavy atom. The van der Waals surface area contributed by atoms with Gasteiger partial charge >= 0.3 is 5.97 Å². The summed E-state index contributed by atoms with van der Waals surface area (Å²) < 4.78 is 42.2. The summed E-state index contributed by atoms with van der Waals surface area (Å²) in [4.78, 5) is 24.6. The van der Waals surface area contributed by atoms with E-state index in [1.54, 1.807) is 0 Å². The van der Waals surface area contributed by atoms with Gasteiger partial charge in [-0.05, 0) is 29.6 Å². The molecule has 2 aromatic heterocycles. The smallest absolute Gasteiger partial charge is 0.356 e. The molecule has 18 heavy (non-hydrogen) atoms. The van der Waals surface area contributed by atoms with Gasteiger partial charge in [0.1, 0.15) is 4.60 Å². The van der Waals surface area contributed by atoms with Crippen molar-refractivity contribution in [3.8, 4) is 0 Å². The number of carboxylic acid groups (broad SMARTS) is 1. The van der Waals surface area contributed by atoms with Crippen LogP contribution >= 0.6 is 15.9 Å². The van der Waals surface area contributed by atoms with Crippen LogP contribution in [0.4, 0.5) is 0 Å². The first kappa shape index (κ1) is 7.52. The second-order valence-corrected chi connectivity index (χ2v) is 3.63. The summed E-state index contributed by atoms with van der Waals surface area (Å²) in [6.45, 7) is -4.50. The highest BCUT2D eigenvalue weighted by atomic mass is 79.9. The van der Waals surface area contributed by atoms with E-state index in [0.29, 0.717) is 4.60 Å². The van der Waals surface area contributed by atoms with E-state index in [2.05, 4.69) is 35.9 Å². The molecule has 6 nitrogen and oxygen atoms in total. The van der Waals surface area contributed by atoms with Gasteiger partial charge in [0.2, 0.25) is 0 Å². The molecule has 0 unspecified atom stereocenters. The van der Waals surface area contributed by atoms with Crippen LogP contribution in [-0.2, 0) is 0 Å². The molecule has 0 saturated heterocycles. The Hall–Kier alpha value is -1.89. The molecule has 1 N–H and O–H groups in total. The molecule has 0 aliphatic carbocycles. The third-order valence-electron chi connectivity index (χ3n) is 1.49. The number of aromatic nitrogens is 4. The average molecular weight is 317 g/mol. The number of nitrogens with zero attached hydrogens (tertiary/aromatic N) is 4. The average Bonchev–Trinajstić information content (AvgIpc) is 2.46. The van der Waals surface area contributed by atoms with Crippen LogP contribution in [0.1, 0.15) is 30.1 Å². The molecule has 0 atom stereocenters. The minimum absolute atomic E-state index is 0.0145. The normalized spacial score (nSPS) is 15.6. The number of carboxylic acids is 1. The van der Waals surface area contributed by atoms with Gasteiger partial charge < -0.3 is 5.11 Å². The SMILES string of the molecule is [2H]C([2H])([2H])c1cnc(Br)cn1.[2H]C([2H])([2H])c1cnc(C(=O)O)cn1. The van der Waals surface area contributed by atoms with Crippen molar-refractivity contribution in [2.75, 3.05) is 0 Å². The number of aromatic carboxylic acids is 1. The van der Waals surface area contributed by atoms with Crippen molar-refractivity contribution in [1.82, 2.24) is 19.9 Å². The zero-order valence-electron chi connectivity index (χ0n) is 14.8. The molecule has 0 fully saturated rings. The van der Waals surface area contributed by atoms with E-state index in [9.17, 15) is 4.79 Å². The van der Waals surface area contributed by atoms with Gasteiger partial charge in [-0.1, -0.05) is 0 Å². The number of rotatable bonds is 1. The van der Waals surface area contributed by atoms with Gasteiger partial charge in [-0.2, -0.15) is 0 Å². The van der Waals surface area contributed by atoms with E-state index >= 15 is 0 Å². The summed E-state index contributed by atoms with van der Waals surface area (Å²) in [6.07, 6.45) is 4.46. The van der Waals surface area contributed by atoms with Gasteiger partial charge in [0.15, 0.2) is 5.69 Å². The maximum Gasteiger partial charge on any atom is 0.356 e. The molecule has 0 aliphatic heterocycles. The van der Waals surface area contributed by atoms with Crippen LogP contribution in [0.15, 0.2) is 29.4 Å². The van der Waals surface area contributed by atoms with Crippen molar-refractivity contribution >= 4 is 21.9 Å². The standard InChI is InChI=1S/C6H6N2O2.C5H5BrN2/c1-4-2-8-5(3-7-4)6(9)10;1-4-2-8-5(6)3-7-4/h2-3H,1H3,(H,9,10);2-3H,1H3/i2*1D3. The van der Waals surface area contributed by atoms with Gasteiger partial charge in [0.05, 0.1) is 23.8 Å². The lowest BCUT2D eigenvalue weighted by Crippen LogP contribution is -2.00. The Labute approximate surface area is 121 Å². The number of halogens is 1. The predicted octanol–water partition coefficient (Wildman–Crippen LogP) is 2.03. The summed E-state index contributed by atoms with van der Waals surface area (Å²) in [5.41, 5.74) is -0.466. The van der Waals surface area contributed by atoms with Crippen LogP contribution in [-0.4, -0.2) is 31.0 Å². The highest BCUT2D eigenvalue weighted by Crippen LogP contribution is 2.00. The van der Waals surface area contributed by atoms with Crippen molar-refractivity contribution in [2.24, 2.45) is 0 Å². The molecule has 0 amide bonds. The van der Waals surface area contributed by atoms with E-state index in [1.165, 1.54) is 12.4 Å². The van der Waals surface area contributed by atoms with Gasteiger partial charge in [-0.3, -0.25) is 9.97 Å². The summed E-state index contributed by atoms with van der Waals surface area (Å²) in [5.74, 6) is -1.23. The molecule has 0 bridgehead atoms. The van der Waals surface area contributed by atoms with E-state index < -0.39 is 19.7 Å². The van der Waals surface area contributed by atoms with Crippen molar-refractivity contribution in [1.29, 1.82) is 0 Å². The Morgan fingerprint density at radius 1 is 1.11 bits per heavy atom. The monoisotopic (exact) mass is 316 g/mol.